The Balaban J connectivity index is 1.86. The lowest BCUT2D eigenvalue weighted by Gasteiger charge is -2.28. The smallest absolute Gasteiger partial charge is 0.123 e. The van der Waals surface area contributed by atoms with Crippen LogP contribution < -0.4 is 4.90 Å². The van der Waals surface area contributed by atoms with E-state index in [0.29, 0.717) is 0 Å². The summed E-state index contributed by atoms with van der Waals surface area (Å²) in [6.07, 6.45) is 1.10. The van der Waals surface area contributed by atoms with E-state index < -0.39 is 0 Å². The van der Waals surface area contributed by atoms with Crippen molar-refractivity contribution < 1.29 is 4.39 Å². The molecule has 0 saturated heterocycles. The Hall–Kier alpha value is -1.35. The summed E-state index contributed by atoms with van der Waals surface area (Å²) in [5.74, 6) is -0.169. The van der Waals surface area contributed by atoms with Gasteiger partial charge in [0.2, 0.25) is 0 Å². The summed E-state index contributed by atoms with van der Waals surface area (Å²) < 4.78 is 12.8. The number of rotatable bonds is 1. The highest BCUT2D eigenvalue weighted by Crippen LogP contribution is 2.27. The summed E-state index contributed by atoms with van der Waals surface area (Å²) in [4.78, 5) is 3.80. The van der Waals surface area contributed by atoms with E-state index in [9.17, 15) is 4.39 Å². The SMILES string of the molecule is Fc1ccc(N2CCc3sccc3C2)cc1. The standard InChI is InChI=1S/C13H12FNS/c14-11-1-3-12(4-2-11)15-7-5-13-10(9-15)6-8-16-13/h1-4,6,8H,5,7,9H2. The zero-order chi connectivity index (χ0) is 11.0. The Kier molecular flexibility index (Phi) is 2.40. The maximum absolute atomic E-state index is 12.8. The molecule has 0 aliphatic carbocycles. The molecule has 2 aromatic rings. The molecule has 3 rings (SSSR count). The highest BCUT2D eigenvalue weighted by Gasteiger charge is 2.17. The first kappa shape index (κ1) is 9.85. The minimum absolute atomic E-state index is 0.169. The second kappa shape index (κ2) is 3.91. The average molecular weight is 233 g/mol. The Morgan fingerprint density at radius 1 is 1.12 bits per heavy atom. The van der Waals surface area contributed by atoms with Gasteiger partial charge in [0, 0.05) is 23.7 Å². The van der Waals surface area contributed by atoms with Gasteiger partial charge in [0.05, 0.1) is 0 Å². The molecule has 0 bridgehead atoms. The maximum Gasteiger partial charge on any atom is 0.123 e. The van der Waals surface area contributed by atoms with Crippen molar-refractivity contribution in [2.75, 3.05) is 11.4 Å². The summed E-state index contributed by atoms with van der Waals surface area (Å²) in [5.41, 5.74) is 2.53. The molecule has 1 aromatic carbocycles. The van der Waals surface area contributed by atoms with Gasteiger partial charge in [0.15, 0.2) is 0 Å². The van der Waals surface area contributed by atoms with Crippen molar-refractivity contribution in [3.8, 4) is 0 Å². The van der Waals surface area contributed by atoms with E-state index in [1.165, 1.54) is 22.6 Å². The van der Waals surface area contributed by atoms with Gasteiger partial charge in [-0.15, -0.1) is 11.3 Å². The van der Waals surface area contributed by atoms with Crippen LogP contribution >= 0.6 is 11.3 Å². The van der Waals surface area contributed by atoms with E-state index in [1.54, 1.807) is 0 Å². The maximum atomic E-state index is 12.8. The quantitative estimate of drug-likeness (QED) is 0.729. The van der Waals surface area contributed by atoms with Gasteiger partial charge < -0.3 is 4.90 Å². The molecule has 82 valence electrons. The number of thiophene rings is 1. The largest absolute Gasteiger partial charge is 0.367 e. The molecular weight excluding hydrogens is 221 g/mol. The van der Waals surface area contributed by atoms with Crippen molar-refractivity contribution in [2.45, 2.75) is 13.0 Å². The highest BCUT2D eigenvalue weighted by atomic mass is 32.1. The molecule has 1 aliphatic heterocycles. The van der Waals surface area contributed by atoms with Crippen LogP contribution in [-0.4, -0.2) is 6.54 Å². The molecule has 2 heterocycles. The zero-order valence-electron chi connectivity index (χ0n) is 8.82. The summed E-state index contributed by atoms with van der Waals surface area (Å²) >= 11 is 1.84. The number of hydrogen-bond donors (Lipinski definition) is 0. The Morgan fingerprint density at radius 3 is 2.75 bits per heavy atom. The summed E-state index contributed by atoms with van der Waals surface area (Å²) in [5, 5.41) is 2.15. The van der Waals surface area contributed by atoms with Gasteiger partial charge in [-0.25, -0.2) is 4.39 Å². The first-order valence-electron chi connectivity index (χ1n) is 5.39. The molecule has 0 unspecified atom stereocenters. The van der Waals surface area contributed by atoms with Gasteiger partial charge in [-0.1, -0.05) is 0 Å². The summed E-state index contributed by atoms with van der Waals surface area (Å²) in [6.45, 7) is 1.98. The van der Waals surface area contributed by atoms with E-state index in [0.717, 1.165) is 25.2 Å². The Morgan fingerprint density at radius 2 is 1.94 bits per heavy atom. The van der Waals surface area contributed by atoms with Crippen LogP contribution in [0.25, 0.3) is 0 Å². The lowest BCUT2D eigenvalue weighted by molar-refractivity contribution is 0.627. The lowest BCUT2D eigenvalue weighted by atomic mass is 10.1. The van der Waals surface area contributed by atoms with Crippen LogP contribution in [0.4, 0.5) is 10.1 Å². The van der Waals surface area contributed by atoms with Crippen LogP contribution in [-0.2, 0) is 13.0 Å². The molecular formula is C13H12FNS. The molecule has 0 fully saturated rings. The minimum atomic E-state index is -0.169. The van der Waals surface area contributed by atoms with E-state index in [1.807, 2.05) is 23.5 Å². The van der Waals surface area contributed by atoms with Gasteiger partial charge in [-0.05, 0) is 47.7 Å². The molecule has 0 N–H and O–H groups in total. The van der Waals surface area contributed by atoms with Crippen molar-refractivity contribution in [3.63, 3.8) is 0 Å². The molecule has 3 heteroatoms. The van der Waals surface area contributed by atoms with E-state index in [4.69, 9.17) is 0 Å². The third-order valence-electron chi connectivity index (χ3n) is 3.00. The van der Waals surface area contributed by atoms with Crippen LogP contribution in [0, 0.1) is 5.82 Å². The second-order valence-corrected chi connectivity index (χ2v) is 5.02. The normalized spacial score (nSPS) is 14.9. The first-order valence-corrected chi connectivity index (χ1v) is 6.27. The monoisotopic (exact) mass is 233 g/mol. The van der Waals surface area contributed by atoms with Crippen LogP contribution in [0.1, 0.15) is 10.4 Å². The van der Waals surface area contributed by atoms with E-state index in [2.05, 4.69) is 16.3 Å². The summed E-state index contributed by atoms with van der Waals surface area (Å²) in [7, 11) is 0. The molecule has 16 heavy (non-hydrogen) atoms. The Labute approximate surface area is 98.1 Å². The third-order valence-corrected chi connectivity index (χ3v) is 4.02. The number of benzene rings is 1. The van der Waals surface area contributed by atoms with E-state index in [-0.39, 0.29) is 5.82 Å². The van der Waals surface area contributed by atoms with Crippen molar-refractivity contribution in [1.82, 2.24) is 0 Å². The van der Waals surface area contributed by atoms with Gasteiger partial charge in [-0.2, -0.15) is 0 Å². The van der Waals surface area contributed by atoms with Crippen molar-refractivity contribution in [3.05, 3.63) is 52.0 Å². The Bertz CT molecular complexity index is 489. The van der Waals surface area contributed by atoms with Crippen molar-refractivity contribution in [2.24, 2.45) is 0 Å². The number of fused-ring (bicyclic) bond motifs is 1. The second-order valence-electron chi connectivity index (χ2n) is 4.02. The molecule has 1 nitrogen and oxygen atoms in total. The zero-order valence-corrected chi connectivity index (χ0v) is 9.64. The van der Waals surface area contributed by atoms with Crippen LogP contribution in [0.3, 0.4) is 0 Å². The fraction of sp³-hybridized carbons (Fsp3) is 0.231. The van der Waals surface area contributed by atoms with Crippen LogP contribution in [0.2, 0.25) is 0 Å². The van der Waals surface area contributed by atoms with E-state index >= 15 is 0 Å². The van der Waals surface area contributed by atoms with Gasteiger partial charge in [0.1, 0.15) is 5.82 Å². The predicted octanol–water partition coefficient (Wildman–Crippen LogP) is 3.45. The molecule has 1 aliphatic rings. The topological polar surface area (TPSA) is 3.24 Å². The number of anilines is 1. The third kappa shape index (κ3) is 1.71. The van der Waals surface area contributed by atoms with Gasteiger partial charge in [0.25, 0.3) is 0 Å². The van der Waals surface area contributed by atoms with Gasteiger partial charge >= 0.3 is 0 Å². The number of halogens is 1. The molecule has 0 spiro atoms. The fourth-order valence-electron chi connectivity index (χ4n) is 2.12. The molecule has 0 amide bonds. The van der Waals surface area contributed by atoms with Gasteiger partial charge in [-0.3, -0.25) is 0 Å². The summed E-state index contributed by atoms with van der Waals surface area (Å²) in [6, 6.07) is 8.95. The lowest BCUT2D eigenvalue weighted by Crippen LogP contribution is -2.29. The minimum Gasteiger partial charge on any atom is -0.367 e. The predicted molar refractivity (Wildman–Crippen MR) is 65.5 cm³/mol. The van der Waals surface area contributed by atoms with Crippen molar-refractivity contribution in [1.29, 1.82) is 0 Å². The number of nitrogens with zero attached hydrogens (tertiary/aromatic N) is 1. The van der Waals surface area contributed by atoms with Crippen molar-refractivity contribution >= 4 is 17.0 Å². The molecule has 0 radical (unpaired) electrons. The average Bonchev–Trinajstić information content (AvgIpc) is 2.77. The molecule has 0 atom stereocenters. The molecule has 1 aromatic heterocycles. The number of hydrogen-bond acceptors (Lipinski definition) is 2. The highest BCUT2D eigenvalue weighted by molar-refractivity contribution is 7.10. The first-order chi connectivity index (χ1) is 7.83. The van der Waals surface area contributed by atoms with Crippen LogP contribution in [0.5, 0.6) is 0 Å². The fourth-order valence-corrected chi connectivity index (χ4v) is 3.01. The van der Waals surface area contributed by atoms with Crippen LogP contribution in [0.15, 0.2) is 35.7 Å². The molecule has 0 saturated carbocycles.